The molecular formula is C4H4F4O3. The van der Waals surface area contributed by atoms with Gasteiger partial charge >= 0.3 is 12.1 Å². The Morgan fingerprint density at radius 2 is 2.00 bits per heavy atom. The summed E-state index contributed by atoms with van der Waals surface area (Å²) in [5.74, 6) is -1.66. The minimum absolute atomic E-state index is 1.30. The summed E-state index contributed by atoms with van der Waals surface area (Å²) in [6.07, 6.45) is -8.69. The molecule has 0 bridgehead atoms. The molecule has 0 aliphatic rings. The first-order valence-corrected chi connectivity index (χ1v) is 2.38. The number of aliphatic carboxylic acids is 1. The Labute approximate surface area is 58.6 Å². The number of hydrogen-bond donors (Lipinski definition) is 1. The largest absolute Gasteiger partial charge is 0.480 e. The molecule has 0 radical (unpaired) electrons. The second-order valence-electron chi connectivity index (χ2n) is 1.56. The molecule has 0 aliphatic carbocycles. The van der Waals surface area contributed by atoms with Gasteiger partial charge in [-0.3, -0.25) is 0 Å². The van der Waals surface area contributed by atoms with E-state index in [1.165, 1.54) is 0 Å². The Kier molecular flexibility index (Phi) is 3.24. The van der Waals surface area contributed by atoms with Crippen molar-refractivity contribution >= 4 is 5.97 Å². The lowest BCUT2D eigenvalue weighted by atomic mass is 10.6. The summed E-state index contributed by atoms with van der Waals surface area (Å²) in [6, 6.07) is 0. The molecule has 1 atom stereocenters. The van der Waals surface area contributed by atoms with Gasteiger partial charge in [-0.05, 0) is 0 Å². The molecule has 11 heavy (non-hydrogen) atoms. The standard InChI is InChI=1S/C4H4F4O3/c5-3(4(6,7)8)11-1-2(9)10/h3H,1H2,(H,9,10). The molecule has 0 spiro atoms. The monoisotopic (exact) mass is 176 g/mol. The highest BCUT2D eigenvalue weighted by molar-refractivity contribution is 5.68. The number of hydrogen-bond acceptors (Lipinski definition) is 2. The molecule has 0 saturated heterocycles. The predicted octanol–water partition coefficient (Wildman–Crippen LogP) is 0.946. The highest BCUT2D eigenvalue weighted by Gasteiger charge is 2.41. The van der Waals surface area contributed by atoms with Gasteiger partial charge in [0.1, 0.15) is 6.61 Å². The summed E-state index contributed by atoms with van der Waals surface area (Å²) in [5, 5.41) is 7.77. The Morgan fingerprint density at radius 1 is 1.55 bits per heavy atom. The third-order valence-corrected chi connectivity index (χ3v) is 0.610. The molecule has 1 N–H and O–H groups in total. The first-order chi connectivity index (χ1) is 4.84. The van der Waals surface area contributed by atoms with Gasteiger partial charge in [-0.25, -0.2) is 9.18 Å². The summed E-state index contributed by atoms with van der Waals surface area (Å²) in [5.41, 5.74) is 0. The molecule has 0 saturated carbocycles. The highest BCUT2D eigenvalue weighted by atomic mass is 19.4. The van der Waals surface area contributed by atoms with Crippen LogP contribution in [0.4, 0.5) is 17.6 Å². The van der Waals surface area contributed by atoms with Crippen molar-refractivity contribution in [2.45, 2.75) is 12.5 Å². The van der Waals surface area contributed by atoms with Crippen LogP contribution in [0.15, 0.2) is 0 Å². The van der Waals surface area contributed by atoms with E-state index in [1.54, 1.807) is 0 Å². The Balaban J connectivity index is 3.70. The molecule has 1 unspecified atom stereocenters. The van der Waals surface area contributed by atoms with Gasteiger partial charge in [0, 0.05) is 0 Å². The van der Waals surface area contributed by atoms with Crippen LogP contribution in [0.2, 0.25) is 0 Å². The van der Waals surface area contributed by atoms with Gasteiger partial charge in [-0.1, -0.05) is 0 Å². The molecule has 66 valence electrons. The molecule has 0 aromatic rings. The van der Waals surface area contributed by atoms with E-state index >= 15 is 0 Å². The van der Waals surface area contributed by atoms with E-state index in [-0.39, 0.29) is 0 Å². The maximum Gasteiger partial charge on any atom is 0.445 e. The van der Waals surface area contributed by atoms with Crippen LogP contribution in [0.1, 0.15) is 0 Å². The molecule has 3 nitrogen and oxygen atoms in total. The van der Waals surface area contributed by atoms with Crippen molar-refractivity contribution in [1.82, 2.24) is 0 Å². The Hall–Kier alpha value is -0.850. The van der Waals surface area contributed by atoms with Gasteiger partial charge < -0.3 is 9.84 Å². The van der Waals surface area contributed by atoms with Gasteiger partial charge in [0.05, 0.1) is 0 Å². The molecule has 7 heteroatoms. The van der Waals surface area contributed by atoms with Crippen LogP contribution in [0.3, 0.4) is 0 Å². The van der Waals surface area contributed by atoms with E-state index in [9.17, 15) is 22.4 Å². The topological polar surface area (TPSA) is 46.5 Å². The van der Waals surface area contributed by atoms with E-state index in [4.69, 9.17) is 5.11 Å². The van der Waals surface area contributed by atoms with Crippen LogP contribution in [0.5, 0.6) is 0 Å². The minimum Gasteiger partial charge on any atom is -0.480 e. The van der Waals surface area contributed by atoms with Gasteiger partial charge in [0.15, 0.2) is 0 Å². The maximum absolute atomic E-state index is 11.7. The molecule has 0 aromatic heterocycles. The summed E-state index contributed by atoms with van der Waals surface area (Å²) in [7, 11) is 0. The molecular weight excluding hydrogens is 172 g/mol. The molecule has 0 aliphatic heterocycles. The minimum atomic E-state index is -5.16. The first-order valence-electron chi connectivity index (χ1n) is 2.38. The first kappa shape index (κ1) is 10.2. The fourth-order valence-corrected chi connectivity index (χ4v) is 0.239. The van der Waals surface area contributed by atoms with E-state index < -0.39 is 25.1 Å². The Bertz CT molecular complexity index is 143. The fraction of sp³-hybridized carbons (Fsp3) is 0.750. The van der Waals surface area contributed by atoms with Gasteiger partial charge in [0.25, 0.3) is 6.36 Å². The summed E-state index contributed by atoms with van der Waals surface area (Å²) in [4.78, 5) is 9.57. The second kappa shape index (κ2) is 3.51. The third kappa shape index (κ3) is 4.54. The number of rotatable bonds is 3. The normalized spacial score (nSPS) is 14.5. The van der Waals surface area contributed by atoms with Gasteiger partial charge in [0.2, 0.25) is 0 Å². The average molecular weight is 176 g/mol. The summed E-state index contributed by atoms with van der Waals surface area (Å²) < 4.78 is 48.6. The van der Waals surface area contributed by atoms with Crippen LogP contribution in [-0.2, 0) is 9.53 Å². The lowest BCUT2D eigenvalue weighted by Gasteiger charge is -2.10. The fourth-order valence-electron chi connectivity index (χ4n) is 0.239. The quantitative estimate of drug-likeness (QED) is 0.651. The highest BCUT2D eigenvalue weighted by Crippen LogP contribution is 2.23. The summed E-state index contributed by atoms with van der Waals surface area (Å²) >= 11 is 0. The Morgan fingerprint density at radius 3 is 2.27 bits per heavy atom. The van der Waals surface area contributed by atoms with Crippen molar-refractivity contribution < 1.29 is 32.2 Å². The lowest BCUT2D eigenvalue weighted by molar-refractivity contribution is -0.264. The average Bonchev–Trinajstić information content (AvgIpc) is 1.80. The van der Waals surface area contributed by atoms with Crippen LogP contribution < -0.4 is 0 Å². The van der Waals surface area contributed by atoms with Gasteiger partial charge in [-0.2, -0.15) is 13.2 Å². The van der Waals surface area contributed by atoms with Crippen LogP contribution in [-0.4, -0.2) is 30.2 Å². The molecule has 0 fully saturated rings. The smallest absolute Gasteiger partial charge is 0.445 e. The van der Waals surface area contributed by atoms with Gasteiger partial charge in [-0.15, -0.1) is 0 Å². The van der Waals surface area contributed by atoms with E-state index in [0.29, 0.717) is 0 Å². The van der Waals surface area contributed by atoms with Crippen molar-refractivity contribution in [3.8, 4) is 0 Å². The van der Waals surface area contributed by atoms with Crippen molar-refractivity contribution in [3.63, 3.8) is 0 Å². The predicted molar refractivity (Wildman–Crippen MR) is 24.5 cm³/mol. The third-order valence-electron chi connectivity index (χ3n) is 0.610. The van der Waals surface area contributed by atoms with Crippen LogP contribution in [0.25, 0.3) is 0 Å². The molecule has 0 amide bonds. The molecule has 0 heterocycles. The number of ether oxygens (including phenoxy) is 1. The maximum atomic E-state index is 11.7. The number of carbonyl (C=O) groups is 1. The zero-order chi connectivity index (χ0) is 9.07. The van der Waals surface area contributed by atoms with Crippen LogP contribution in [0, 0.1) is 0 Å². The zero-order valence-electron chi connectivity index (χ0n) is 5.06. The van der Waals surface area contributed by atoms with E-state index in [2.05, 4.69) is 4.74 Å². The lowest BCUT2D eigenvalue weighted by Crippen LogP contribution is -2.29. The number of halogens is 4. The molecule has 0 aromatic carbocycles. The van der Waals surface area contributed by atoms with Crippen molar-refractivity contribution in [3.05, 3.63) is 0 Å². The molecule has 0 rings (SSSR count). The second-order valence-corrected chi connectivity index (χ2v) is 1.56. The van der Waals surface area contributed by atoms with Crippen molar-refractivity contribution in [2.24, 2.45) is 0 Å². The van der Waals surface area contributed by atoms with Crippen LogP contribution >= 0.6 is 0 Å². The number of alkyl halides is 4. The number of carboxylic acid groups (broad SMARTS) is 1. The van der Waals surface area contributed by atoms with Crippen molar-refractivity contribution in [2.75, 3.05) is 6.61 Å². The SMILES string of the molecule is O=C(O)COC(F)C(F)(F)F. The summed E-state index contributed by atoms with van der Waals surface area (Å²) in [6.45, 7) is -1.30. The number of carboxylic acids is 1. The van der Waals surface area contributed by atoms with E-state index in [0.717, 1.165) is 0 Å². The van der Waals surface area contributed by atoms with E-state index in [1.807, 2.05) is 0 Å². The van der Waals surface area contributed by atoms with Crippen molar-refractivity contribution in [1.29, 1.82) is 0 Å². The zero-order valence-corrected chi connectivity index (χ0v) is 5.06.